The van der Waals surface area contributed by atoms with Crippen LogP contribution in [0.2, 0.25) is 0 Å². The summed E-state index contributed by atoms with van der Waals surface area (Å²) >= 11 is 0. The molecule has 6 nitrogen and oxygen atoms in total. The van der Waals surface area contributed by atoms with Crippen molar-refractivity contribution < 1.29 is 14.3 Å². The number of piperazine rings is 1. The Morgan fingerprint density at radius 1 is 0.686 bits per heavy atom. The minimum Gasteiger partial charge on any atom is -0.444 e. The predicted octanol–water partition coefficient (Wildman–Crippen LogP) is 9.01. The summed E-state index contributed by atoms with van der Waals surface area (Å²) in [4.78, 5) is 34.6. The van der Waals surface area contributed by atoms with Gasteiger partial charge in [0.15, 0.2) is 0 Å². The van der Waals surface area contributed by atoms with Crippen LogP contribution < -0.4 is 0 Å². The van der Waals surface area contributed by atoms with Crippen LogP contribution in [0.25, 0.3) is 11.1 Å². The lowest BCUT2D eigenvalue weighted by atomic mass is 9.92. The summed E-state index contributed by atoms with van der Waals surface area (Å²) in [6.07, 6.45) is 0.714. The number of carbonyl (C=O) groups excluding carboxylic acids is 2. The molecular formula is C45H49N3O3. The molecule has 51 heavy (non-hydrogen) atoms. The van der Waals surface area contributed by atoms with Crippen LogP contribution in [-0.4, -0.2) is 57.5 Å². The summed E-state index contributed by atoms with van der Waals surface area (Å²) in [5.41, 5.74) is 6.27. The zero-order valence-electron chi connectivity index (χ0n) is 30.0. The highest BCUT2D eigenvalue weighted by atomic mass is 16.6. The van der Waals surface area contributed by atoms with Crippen LogP contribution in [0.15, 0.2) is 146 Å². The van der Waals surface area contributed by atoms with Gasteiger partial charge in [0, 0.05) is 38.8 Å². The number of hydrogen-bond donors (Lipinski definition) is 0. The van der Waals surface area contributed by atoms with E-state index in [0.29, 0.717) is 45.6 Å². The maximum Gasteiger partial charge on any atom is 0.411 e. The second-order valence-corrected chi connectivity index (χ2v) is 14.5. The molecule has 1 aliphatic heterocycles. The Labute approximate surface area is 303 Å². The number of carbonyl (C=O) groups is 2. The van der Waals surface area contributed by atoms with Crippen molar-refractivity contribution in [1.82, 2.24) is 14.7 Å². The molecule has 5 aromatic carbocycles. The fraction of sp³-hybridized carbons (Fsp3) is 0.289. The van der Waals surface area contributed by atoms with Crippen LogP contribution in [0.3, 0.4) is 0 Å². The second kappa shape index (κ2) is 16.7. The van der Waals surface area contributed by atoms with E-state index in [-0.39, 0.29) is 11.9 Å². The van der Waals surface area contributed by atoms with Gasteiger partial charge in [-0.3, -0.25) is 14.6 Å². The molecule has 0 saturated carbocycles. The molecule has 0 aromatic heterocycles. The van der Waals surface area contributed by atoms with Crippen LogP contribution in [0, 0.1) is 0 Å². The van der Waals surface area contributed by atoms with Gasteiger partial charge in [0.1, 0.15) is 11.6 Å². The molecule has 0 bridgehead atoms. The molecule has 1 heterocycles. The minimum absolute atomic E-state index is 0.0432. The van der Waals surface area contributed by atoms with Crippen molar-refractivity contribution in [2.75, 3.05) is 13.1 Å². The average Bonchev–Trinajstić information content (AvgIpc) is 3.14. The van der Waals surface area contributed by atoms with Crippen LogP contribution >= 0.6 is 0 Å². The van der Waals surface area contributed by atoms with Gasteiger partial charge in [-0.05, 0) is 67.0 Å². The highest BCUT2D eigenvalue weighted by molar-refractivity contribution is 5.87. The number of rotatable bonds is 12. The average molecular weight is 680 g/mol. The molecule has 0 spiro atoms. The molecule has 6 heteroatoms. The first-order valence-corrected chi connectivity index (χ1v) is 18.0. The second-order valence-electron chi connectivity index (χ2n) is 14.5. The monoisotopic (exact) mass is 679 g/mol. The molecule has 0 aliphatic carbocycles. The molecule has 5 aromatic rings. The summed E-state index contributed by atoms with van der Waals surface area (Å²) in [5, 5.41) is 0. The molecule has 1 fully saturated rings. The van der Waals surface area contributed by atoms with E-state index in [9.17, 15) is 9.59 Å². The topological polar surface area (TPSA) is 53.1 Å². The Hall–Kier alpha value is -5.20. The SMILES string of the molecule is CC(C)(C)OC(=O)N1CCN(Cc2ccccc2)C(=O)[C@@H]1C[C@H](Cc1cccc(-c2ccccc2)c1)N(Cc1ccccc1)Cc1ccccc1. The Morgan fingerprint density at radius 2 is 1.20 bits per heavy atom. The van der Waals surface area contributed by atoms with E-state index >= 15 is 0 Å². The van der Waals surface area contributed by atoms with Crippen LogP contribution in [0.1, 0.15) is 49.4 Å². The van der Waals surface area contributed by atoms with Crippen molar-refractivity contribution in [2.24, 2.45) is 0 Å². The third-order valence-corrected chi connectivity index (χ3v) is 9.40. The van der Waals surface area contributed by atoms with Crippen molar-refractivity contribution in [1.29, 1.82) is 0 Å². The van der Waals surface area contributed by atoms with Crippen molar-refractivity contribution in [3.63, 3.8) is 0 Å². The third-order valence-electron chi connectivity index (χ3n) is 9.40. The zero-order valence-corrected chi connectivity index (χ0v) is 30.0. The molecular weight excluding hydrogens is 631 g/mol. The molecule has 1 aliphatic rings. The summed E-state index contributed by atoms with van der Waals surface area (Å²) in [5.74, 6) is -0.0432. The molecule has 0 N–H and O–H groups in total. The smallest absolute Gasteiger partial charge is 0.411 e. The summed E-state index contributed by atoms with van der Waals surface area (Å²) in [7, 11) is 0. The number of hydrogen-bond acceptors (Lipinski definition) is 4. The standard InChI is InChI=1S/C45H49N3O3/c1-45(2,3)51-44(50)48-28-27-46(32-35-17-8-4-9-18-35)43(49)42(48)31-41(30-38-23-16-26-40(29-38)39-24-14-7-15-25-39)47(33-36-19-10-5-11-20-36)34-37-21-12-6-13-22-37/h4-26,29,41-42H,27-28,30-34H2,1-3H3/t41-,42-/m0/s1. The molecule has 2 atom stereocenters. The van der Waals surface area contributed by atoms with E-state index in [1.165, 1.54) is 16.7 Å². The van der Waals surface area contributed by atoms with Gasteiger partial charge in [-0.1, -0.05) is 146 Å². The van der Waals surface area contributed by atoms with Crippen molar-refractivity contribution >= 4 is 12.0 Å². The number of nitrogens with zero attached hydrogens (tertiary/aromatic N) is 3. The van der Waals surface area contributed by atoms with Gasteiger partial charge in [0.05, 0.1) is 0 Å². The number of ether oxygens (including phenoxy) is 1. The largest absolute Gasteiger partial charge is 0.444 e. The lowest BCUT2D eigenvalue weighted by Crippen LogP contribution is -2.60. The first-order chi connectivity index (χ1) is 24.7. The van der Waals surface area contributed by atoms with Gasteiger partial charge >= 0.3 is 6.09 Å². The lowest BCUT2D eigenvalue weighted by Gasteiger charge is -2.43. The fourth-order valence-electron chi connectivity index (χ4n) is 6.92. The highest BCUT2D eigenvalue weighted by Crippen LogP contribution is 2.28. The molecule has 0 unspecified atom stereocenters. The molecule has 262 valence electrons. The molecule has 0 radical (unpaired) electrons. The summed E-state index contributed by atoms with van der Waals surface area (Å²) < 4.78 is 5.93. The molecule has 1 saturated heterocycles. The van der Waals surface area contributed by atoms with Crippen LogP contribution in [0.4, 0.5) is 4.79 Å². The highest BCUT2D eigenvalue weighted by Gasteiger charge is 2.41. The first-order valence-electron chi connectivity index (χ1n) is 18.0. The van der Waals surface area contributed by atoms with Gasteiger partial charge in [0.2, 0.25) is 5.91 Å². The van der Waals surface area contributed by atoms with Crippen molar-refractivity contribution in [2.45, 2.75) is 70.9 Å². The van der Waals surface area contributed by atoms with Crippen molar-refractivity contribution in [3.05, 3.63) is 168 Å². The van der Waals surface area contributed by atoms with Crippen LogP contribution in [0.5, 0.6) is 0 Å². The summed E-state index contributed by atoms with van der Waals surface area (Å²) in [6, 6.07) is 49.5. The lowest BCUT2D eigenvalue weighted by molar-refractivity contribution is -0.143. The normalized spacial score (nSPS) is 15.5. The number of benzene rings is 5. The van der Waals surface area contributed by atoms with E-state index in [4.69, 9.17) is 4.74 Å². The third kappa shape index (κ3) is 9.95. The van der Waals surface area contributed by atoms with Crippen LogP contribution in [-0.2, 0) is 35.6 Å². The Morgan fingerprint density at radius 3 is 1.76 bits per heavy atom. The molecule has 2 amide bonds. The Bertz CT molecular complexity index is 1800. The van der Waals surface area contributed by atoms with E-state index in [1.54, 1.807) is 4.90 Å². The van der Waals surface area contributed by atoms with Gasteiger partial charge in [-0.2, -0.15) is 0 Å². The maximum atomic E-state index is 14.6. The quantitative estimate of drug-likeness (QED) is 0.132. The maximum absolute atomic E-state index is 14.6. The van der Waals surface area contributed by atoms with Crippen molar-refractivity contribution in [3.8, 4) is 11.1 Å². The fourth-order valence-corrected chi connectivity index (χ4v) is 6.92. The van der Waals surface area contributed by atoms with Gasteiger partial charge in [0.25, 0.3) is 0 Å². The van der Waals surface area contributed by atoms with Gasteiger partial charge in [-0.25, -0.2) is 4.79 Å². The van der Waals surface area contributed by atoms with E-state index in [1.807, 2.05) is 74.2 Å². The van der Waals surface area contributed by atoms with E-state index < -0.39 is 17.7 Å². The predicted molar refractivity (Wildman–Crippen MR) is 205 cm³/mol. The zero-order chi connectivity index (χ0) is 35.6. The number of amides is 2. The minimum atomic E-state index is -0.686. The van der Waals surface area contributed by atoms with E-state index in [2.05, 4.69) is 102 Å². The molecule has 6 rings (SSSR count). The first kappa shape index (κ1) is 35.6. The Kier molecular flexibility index (Phi) is 11.6. The van der Waals surface area contributed by atoms with Gasteiger partial charge in [-0.15, -0.1) is 0 Å². The summed E-state index contributed by atoms with van der Waals surface area (Å²) in [6.45, 7) is 8.36. The van der Waals surface area contributed by atoms with Gasteiger partial charge < -0.3 is 9.64 Å². The Balaban J connectivity index is 1.39. The van der Waals surface area contributed by atoms with E-state index in [0.717, 1.165) is 16.7 Å².